The van der Waals surface area contributed by atoms with Crippen molar-refractivity contribution in [3.8, 4) is 0 Å². The second-order valence-electron chi connectivity index (χ2n) is 4.12. The molecule has 8 heteroatoms. The van der Waals surface area contributed by atoms with E-state index in [1.165, 1.54) is 25.0 Å². The lowest BCUT2D eigenvalue weighted by molar-refractivity contribution is -0.126. The average molecular weight is 302 g/mol. The van der Waals surface area contributed by atoms with Gasteiger partial charge in [0.15, 0.2) is 0 Å². The van der Waals surface area contributed by atoms with E-state index in [9.17, 15) is 9.59 Å². The van der Waals surface area contributed by atoms with E-state index in [0.29, 0.717) is 11.5 Å². The third-order valence-electron chi connectivity index (χ3n) is 2.43. The zero-order valence-corrected chi connectivity index (χ0v) is 11.6. The summed E-state index contributed by atoms with van der Waals surface area (Å²) >= 11 is 0. The van der Waals surface area contributed by atoms with E-state index in [1.54, 1.807) is 24.3 Å². The molecule has 0 aliphatic heterocycles. The van der Waals surface area contributed by atoms with Crippen molar-refractivity contribution in [2.24, 2.45) is 10.2 Å². The first-order valence-electron chi connectivity index (χ1n) is 6.45. The van der Waals surface area contributed by atoms with Crippen molar-refractivity contribution in [1.29, 1.82) is 0 Å². The molecule has 2 aromatic rings. The lowest BCUT2D eigenvalue weighted by Crippen LogP contribution is -2.22. The molecule has 0 aliphatic rings. The molecule has 0 radical (unpaired) electrons. The minimum Gasteiger partial charge on any atom is -0.463 e. The van der Waals surface area contributed by atoms with Gasteiger partial charge in [-0.3, -0.25) is 9.59 Å². The van der Waals surface area contributed by atoms with Crippen molar-refractivity contribution in [2.45, 2.75) is 12.8 Å². The van der Waals surface area contributed by atoms with Crippen molar-refractivity contribution in [1.82, 2.24) is 10.9 Å². The molecular formula is C14H14N4O4. The van der Waals surface area contributed by atoms with Gasteiger partial charge in [0, 0.05) is 12.8 Å². The molecule has 0 bridgehead atoms. The van der Waals surface area contributed by atoms with Gasteiger partial charge in [0.25, 0.3) is 0 Å². The minimum atomic E-state index is -0.382. The van der Waals surface area contributed by atoms with E-state index in [0.717, 1.165) is 0 Å². The van der Waals surface area contributed by atoms with Gasteiger partial charge in [0.05, 0.1) is 25.0 Å². The first kappa shape index (κ1) is 15.2. The van der Waals surface area contributed by atoms with Gasteiger partial charge in [-0.2, -0.15) is 10.2 Å². The molecule has 22 heavy (non-hydrogen) atoms. The molecule has 0 saturated carbocycles. The summed E-state index contributed by atoms with van der Waals surface area (Å²) in [4.78, 5) is 22.9. The number of rotatable bonds is 7. The van der Waals surface area contributed by atoms with Crippen molar-refractivity contribution in [3.63, 3.8) is 0 Å². The van der Waals surface area contributed by atoms with Gasteiger partial charge >= 0.3 is 0 Å². The number of hydrogen-bond donors (Lipinski definition) is 2. The number of furan rings is 2. The van der Waals surface area contributed by atoms with Gasteiger partial charge in [-0.15, -0.1) is 0 Å². The van der Waals surface area contributed by atoms with Gasteiger partial charge in [0.1, 0.15) is 11.5 Å². The Morgan fingerprint density at radius 2 is 1.36 bits per heavy atom. The van der Waals surface area contributed by atoms with Crippen LogP contribution in [0.4, 0.5) is 0 Å². The molecular weight excluding hydrogens is 288 g/mol. The highest BCUT2D eigenvalue weighted by atomic mass is 16.3. The van der Waals surface area contributed by atoms with E-state index >= 15 is 0 Å². The monoisotopic (exact) mass is 302 g/mol. The molecule has 0 atom stereocenters. The summed E-state index contributed by atoms with van der Waals surface area (Å²) in [6.45, 7) is 0. The van der Waals surface area contributed by atoms with Crippen LogP contribution < -0.4 is 10.9 Å². The Kier molecular flexibility index (Phi) is 5.68. The van der Waals surface area contributed by atoms with Gasteiger partial charge < -0.3 is 8.83 Å². The fraction of sp³-hybridized carbons (Fsp3) is 0.143. The highest BCUT2D eigenvalue weighted by Gasteiger charge is 2.05. The number of hydrazone groups is 2. The fourth-order valence-corrected chi connectivity index (χ4v) is 1.40. The molecule has 2 amide bonds. The van der Waals surface area contributed by atoms with Crippen molar-refractivity contribution in [3.05, 3.63) is 48.3 Å². The van der Waals surface area contributed by atoms with Crippen molar-refractivity contribution in [2.75, 3.05) is 0 Å². The van der Waals surface area contributed by atoms with Crippen molar-refractivity contribution < 1.29 is 18.4 Å². The van der Waals surface area contributed by atoms with E-state index < -0.39 is 0 Å². The molecule has 0 unspecified atom stereocenters. The quantitative estimate of drug-likeness (QED) is 0.592. The Morgan fingerprint density at radius 1 is 0.909 bits per heavy atom. The summed E-state index contributed by atoms with van der Waals surface area (Å²) in [6, 6.07) is 6.80. The number of hydrogen-bond acceptors (Lipinski definition) is 6. The second kappa shape index (κ2) is 8.20. The highest BCUT2D eigenvalue weighted by Crippen LogP contribution is 1.96. The number of carbonyl (C=O) groups is 2. The van der Waals surface area contributed by atoms with E-state index in [2.05, 4.69) is 21.1 Å². The zero-order chi connectivity index (χ0) is 15.6. The SMILES string of the molecule is O=C(CCC(=O)NN=Cc1ccco1)NN=Cc1ccco1. The maximum Gasteiger partial charge on any atom is 0.240 e. The Balaban J connectivity index is 1.62. The molecule has 0 saturated heterocycles. The Labute approximate surface area is 125 Å². The summed E-state index contributed by atoms with van der Waals surface area (Å²) in [7, 11) is 0. The summed E-state index contributed by atoms with van der Waals surface area (Å²) in [6.07, 6.45) is 5.72. The molecule has 0 aromatic carbocycles. The predicted octanol–water partition coefficient (Wildman–Crippen LogP) is 1.25. The molecule has 2 heterocycles. The smallest absolute Gasteiger partial charge is 0.240 e. The topological polar surface area (TPSA) is 109 Å². The molecule has 0 spiro atoms. The standard InChI is InChI=1S/C14H14N4O4/c19-13(17-15-9-11-3-1-7-21-11)5-6-14(20)18-16-10-12-4-2-8-22-12/h1-4,7-10H,5-6H2,(H,17,19)(H,18,20). The number of carbonyl (C=O) groups excluding carboxylic acids is 2. The first-order chi connectivity index (χ1) is 10.7. The second-order valence-corrected chi connectivity index (χ2v) is 4.12. The van der Waals surface area contributed by atoms with E-state index in [1.807, 2.05) is 0 Å². The van der Waals surface area contributed by atoms with Crippen LogP contribution in [0.1, 0.15) is 24.4 Å². The van der Waals surface area contributed by atoms with Crippen LogP contribution in [0.15, 0.2) is 55.8 Å². The van der Waals surface area contributed by atoms with E-state index in [-0.39, 0.29) is 24.7 Å². The van der Waals surface area contributed by atoms with Crippen LogP contribution in [0.25, 0.3) is 0 Å². The fourth-order valence-electron chi connectivity index (χ4n) is 1.40. The van der Waals surface area contributed by atoms with Crippen LogP contribution >= 0.6 is 0 Å². The van der Waals surface area contributed by atoms with Gasteiger partial charge in [0.2, 0.25) is 11.8 Å². The summed E-state index contributed by atoms with van der Waals surface area (Å²) in [5.74, 6) is 0.275. The van der Waals surface area contributed by atoms with Crippen LogP contribution in [-0.4, -0.2) is 24.2 Å². The Hall–Kier alpha value is -3.16. The van der Waals surface area contributed by atoms with Crippen LogP contribution in [0.2, 0.25) is 0 Å². The summed E-state index contributed by atoms with van der Waals surface area (Å²) < 4.78 is 10.0. The normalized spacial score (nSPS) is 11.1. The molecule has 8 nitrogen and oxygen atoms in total. The number of nitrogens with one attached hydrogen (secondary N) is 2. The predicted molar refractivity (Wildman–Crippen MR) is 78.1 cm³/mol. The van der Waals surface area contributed by atoms with Gasteiger partial charge in [-0.25, -0.2) is 10.9 Å². The first-order valence-corrected chi connectivity index (χ1v) is 6.45. The van der Waals surface area contributed by atoms with Gasteiger partial charge in [-0.05, 0) is 24.3 Å². The minimum absolute atomic E-state index is 0.00238. The largest absolute Gasteiger partial charge is 0.463 e. The number of nitrogens with zero attached hydrogens (tertiary/aromatic N) is 2. The summed E-state index contributed by atoms with van der Waals surface area (Å²) in [5, 5.41) is 7.39. The lowest BCUT2D eigenvalue weighted by Gasteiger charge is -1.99. The van der Waals surface area contributed by atoms with Gasteiger partial charge in [-0.1, -0.05) is 0 Å². The average Bonchev–Trinajstić information content (AvgIpc) is 3.18. The van der Waals surface area contributed by atoms with Crippen molar-refractivity contribution >= 4 is 24.2 Å². The third-order valence-corrected chi connectivity index (χ3v) is 2.43. The number of amides is 2. The van der Waals surface area contributed by atoms with Crippen LogP contribution in [-0.2, 0) is 9.59 Å². The Morgan fingerprint density at radius 3 is 1.73 bits per heavy atom. The molecule has 2 aromatic heterocycles. The molecule has 0 fully saturated rings. The summed E-state index contributed by atoms with van der Waals surface area (Å²) in [5.41, 5.74) is 4.58. The molecule has 2 rings (SSSR count). The molecule has 2 N–H and O–H groups in total. The van der Waals surface area contributed by atoms with Crippen LogP contribution in [0, 0.1) is 0 Å². The van der Waals surface area contributed by atoms with Crippen LogP contribution in [0.3, 0.4) is 0 Å². The maximum absolute atomic E-state index is 11.4. The Bertz CT molecular complexity index is 586. The third kappa shape index (κ3) is 5.45. The molecule has 114 valence electrons. The molecule has 0 aliphatic carbocycles. The maximum atomic E-state index is 11.4. The van der Waals surface area contributed by atoms with E-state index in [4.69, 9.17) is 8.83 Å². The zero-order valence-electron chi connectivity index (χ0n) is 11.6. The lowest BCUT2D eigenvalue weighted by atomic mass is 10.3. The van der Waals surface area contributed by atoms with Crippen LogP contribution in [0.5, 0.6) is 0 Å². The highest BCUT2D eigenvalue weighted by molar-refractivity contribution is 5.85.